The molecule has 0 unspecified atom stereocenters. The summed E-state index contributed by atoms with van der Waals surface area (Å²) in [5, 5.41) is 0. The standard InChI is InChI=1S/C21H14BrNO4/c22-16-8-6-14(7-9-16)13-26-17-4-1-3-15(11-17)12-18-21(24)27-20(23-18)19-5-2-10-25-19/h1-12H,13H2/b18-12-. The SMILES string of the molecule is O=C1OC(c2ccco2)=N/C1=C\c1cccc(OCc2ccc(Br)cc2)c1. The van der Waals surface area contributed by atoms with Crippen molar-refractivity contribution >= 4 is 33.9 Å². The minimum Gasteiger partial charge on any atom is -0.489 e. The van der Waals surface area contributed by atoms with Crippen LogP contribution in [-0.2, 0) is 16.1 Å². The molecule has 0 atom stereocenters. The molecule has 1 aromatic heterocycles. The monoisotopic (exact) mass is 423 g/mol. The number of rotatable bonds is 5. The lowest BCUT2D eigenvalue weighted by atomic mass is 10.2. The fraction of sp³-hybridized carbons (Fsp3) is 0.0476. The van der Waals surface area contributed by atoms with Gasteiger partial charge in [-0.15, -0.1) is 0 Å². The molecule has 6 heteroatoms. The normalized spacial score (nSPS) is 14.9. The van der Waals surface area contributed by atoms with Crippen molar-refractivity contribution in [3.8, 4) is 5.75 Å². The second kappa shape index (κ2) is 7.63. The molecular weight excluding hydrogens is 410 g/mol. The highest BCUT2D eigenvalue weighted by molar-refractivity contribution is 9.10. The molecule has 4 rings (SSSR count). The highest BCUT2D eigenvalue weighted by atomic mass is 79.9. The molecule has 0 N–H and O–H groups in total. The summed E-state index contributed by atoms with van der Waals surface area (Å²) in [6.07, 6.45) is 3.16. The van der Waals surface area contributed by atoms with Gasteiger partial charge in [0, 0.05) is 4.47 Å². The number of furan rings is 1. The van der Waals surface area contributed by atoms with Crippen molar-refractivity contribution in [2.75, 3.05) is 0 Å². The highest BCUT2D eigenvalue weighted by Gasteiger charge is 2.25. The van der Waals surface area contributed by atoms with Crippen LogP contribution >= 0.6 is 15.9 Å². The van der Waals surface area contributed by atoms with Crippen molar-refractivity contribution in [2.45, 2.75) is 6.61 Å². The molecule has 0 bridgehead atoms. The Balaban J connectivity index is 1.49. The summed E-state index contributed by atoms with van der Waals surface area (Å²) in [5.74, 6) is 0.772. The first-order chi connectivity index (χ1) is 13.2. The molecule has 2 heterocycles. The topological polar surface area (TPSA) is 61.0 Å². The van der Waals surface area contributed by atoms with Crippen LogP contribution in [0.2, 0.25) is 0 Å². The zero-order valence-corrected chi connectivity index (χ0v) is 15.7. The van der Waals surface area contributed by atoms with Gasteiger partial charge in [0.05, 0.1) is 6.26 Å². The van der Waals surface area contributed by atoms with E-state index in [0.717, 1.165) is 15.6 Å². The Morgan fingerprint density at radius 3 is 2.70 bits per heavy atom. The maximum absolute atomic E-state index is 12.0. The third-order valence-corrected chi connectivity index (χ3v) is 4.36. The van der Waals surface area contributed by atoms with Gasteiger partial charge in [0.25, 0.3) is 5.90 Å². The third kappa shape index (κ3) is 4.17. The van der Waals surface area contributed by atoms with Crippen molar-refractivity contribution in [3.05, 3.63) is 94.0 Å². The molecule has 0 radical (unpaired) electrons. The van der Waals surface area contributed by atoms with Crippen LogP contribution in [0.5, 0.6) is 5.75 Å². The van der Waals surface area contributed by atoms with E-state index in [2.05, 4.69) is 20.9 Å². The number of carbonyl (C=O) groups excluding carboxylic acids is 1. The lowest BCUT2D eigenvalue weighted by Gasteiger charge is -2.07. The van der Waals surface area contributed by atoms with Gasteiger partial charge in [0.2, 0.25) is 0 Å². The van der Waals surface area contributed by atoms with E-state index >= 15 is 0 Å². The molecule has 2 aromatic carbocycles. The molecule has 27 heavy (non-hydrogen) atoms. The Kier molecular flexibility index (Phi) is 4.89. The van der Waals surface area contributed by atoms with Crippen molar-refractivity contribution in [2.24, 2.45) is 4.99 Å². The number of aliphatic imine (C=N–C) groups is 1. The molecule has 0 aliphatic carbocycles. The molecule has 0 saturated carbocycles. The molecule has 3 aromatic rings. The van der Waals surface area contributed by atoms with Crippen LogP contribution in [0.1, 0.15) is 16.9 Å². The first-order valence-electron chi connectivity index (χ1n) is 8.21. The first kappa shape index (κ1) is 17.3. The van der Waals surface area contributed by atoms with E-state index in [1.165, 1.54) is 6.26 Å². The summed E-state index contributed by atoms with van der Waals surface area (Å²) in [5.41, 5.74) is 2.07. The number of cyclic esters (lactones) is 1. The molecule has 0 fully saturated rings. The van der Waals surface area contributed by atoms with E-state index in [9.17, 15) is 4.79 Å². The van der Waals surface area contributed by atoms with Crippen LogP contribution in [0, 0.1) is 0 Å². The van der Waals surface area contributed by atoms with Crippen LogP contribution < -0.4 is 4.74 Å². The summed E-state index contributed by atoms with van der Waals surface area (Å²) in [6.45, 7) is 0.455. The van der Waals surface area contributed by atoms with Gasteiger partial charge in [-0.25, -0.2) is 9.79 Å². The first-order valence-corrected chi connectivity index (χ1v) is 9.00. The van der Waals surface area contributed by atoms with Gasteiger partial charge in [-0.3, -0.25) is 0 Å². The van der Waals surface area contributed by atoms with Crippen LogP contribution in [0.4, 0.5) is 0 Å². The predicted molar refractivity (Wildman–Crippen MR) is 104 cm³/mol. The quantitative estimate of drug-likeness (QED) is 0.429. The Bertz CT molecular complexity index is 1020. The maximum Gasteiger partial charge on any atom is 0.363 e. The van der Waals surface area contributed by atoms with Gasteiger partial charge in [-0.05, 0) is 53.6 Å². The van der Waals surface area contributed by atoms with Crippen molar-refractivity contribution in [3.63, 3.8) is 0 Å². The van der Waals surface area contributed by atoms with E-state index in [4.69, 9.17) is 13.9 Å². The Morgan fingerprint density at radius 2 is 1.93 bits per heavy atom. The predicted octanol–water partition coefficient (Wildman–Crippen LogP) is 4.97. The van der Waals surface area contributed by atoms with Gasteiger partial charge in [0.1, 0.15) is 12.4 Å². The Labute approximate surface area is 164 Å². The molecule has 1 aliphatic rings. The highest BCUT2D eigenvalue weighted by Crippen LogP contribution is 2.22. The minimum absolute atomic E-state index is 0.166. The van der Waals surface area contributed by atoms with Crippen molar-refractivity contribution < 1.29 is 18.7 Å². The van der Waals surface area contributed by atoms with E-state index in [1.807, 2.05) is 48.5 Å². The molecule has 134 valence electrons. The summed E-state index contributed by atoms with van der Waals surface area (Å²) < 4.78 is 17.2. The Hall–Kier alpha value is -3.12. The summed E-state index contributed by atoms with van der Waals surface area (Å²) in [7, 11) is 0. The van der Waals surface area contributed by atoms with E-state index in [-0.39, 0.29) is 11.6 Å². The smallest absolute Gasteiger partial charge is 0.363 e. The van der Waals surface area contributed by atoms with Gasteiger partial charge in [-0.1, -0.05) is 40.2 Å². The maximum atomic E-state index is 12.0. The molecule has 5 nitrogen and oxygen atoms in total. The molecule has 0 saturated heterocycles. The van der Waals surface area contributed by atoms with Crippen LogP contribution in [0.3, 0.4) is 0 Å². The lowest BCUT2D eigenvalue weighted by Crippen LogP contribution is -2.04. The molecule has 0 spiro atoms. The second-order valence-electron chi connectivity index (χ2n) is 5.80. The van der Waals surface area contributed by atoms with Crippen LogP contribution in [0.25, 0.3) is 6.08 Å². The molecule has 0 amide bonds. The lowest BCUT2D eigenvalue weighted by molar-refractivity contribution is -0.130. The second-order valence-corrected chi connectivity index (χ2v) is 6.72. The average Bonchev–Trinajstić information content (AvgIpc) is 3.32. The minimum atomic E-state index is -0.511. The Morgan fingerprint density at radius 1 is 1.07 bits per heavy atom. The number of hydrogen-bond acceptors (Lipinski definition) is 5. The van der Waals surface area contributed by atoms with Gasteiger partial charge in [-0.2, -0.15) is 0 Å². The summed E-state index contributed by atoms with van der Waals surface area (Å²) in [6, 6.07) is 18.8. The van der Waals surface area contributed by atoms with E-state index < -0.39 is 5.97 Å². The largest absolute Gasteiger partial charge is 0.489 e. The number of benzene rings is 2. The molecule has 1 aliphatic heterocycles. The third-order valence-electron chi connectivity index (χ3n) is 3.83. The molecular formula is C21H14BrNO4. The van der Waals surface area contributed by atoms with Crippen molar-refractivity contribution in [1.29, 1.82) is 0 Å². The number of esters is 1. The fourth-order valence-electron chi connectivity index (χ4n) is 2.51. The van der Waals surface area contributed by atoms with E-state index in [1.54, 1.807) is 18.2 Å². The number of halogens is 1. The zero-order chi connectivity index (χ0) is 18.6. The zero-order valence-electron chi connectivity index (χ0n) is 14.1. The van der Waals surface area contributed by atoms with Gasteiger partial charge < -0.3 is 13.9 Å². The van der Waals surface area contributed by atoms with Crippen LogP contribution in [-0.4, -0.2) is 11.9 Å². The fourth-order valence-corrected chi connectivity index (χ4v) is 2.78. The number of nitrogens with zero attached hydrogens (tertiary/aromatic N) is 1. The summed E-state index contributed by atoms with van der Waals surface area (Å²) in [4.78, 5) is 16.2. The summed E-state index contributed by atoms with van der Waals surface area (Å²) >= 11 is 3.41. The van der Waals surface area contributed by atoms with Crippen molar-refractivity contribution in [1.82, 2.24) is 0 Å². The van der Waals surface area contributed by atoms with Gasteiger partial charge >= 0.3 is 5.97 Å². The number of ether oxygens (including phenoxy) is 2. The number of hydrogen-bond donors (Lipinski definition) is 0. The van der Waals surface area contributed by atoms with E-state index in [0.29, 0.717) is 18.1 Å². The van der Waals surface area contributed by atoms with Gasteiger partial charge in [0.15, 0.2) is 11.5 Å². The number of carbonyl (C=O) groups is 1. The average molecular weight is 424 g/mol. The van der Waals surface area contributed by atoms with Crippen LogP contribution in [0.15, 0.2) is 86.5 Å².